The van der Waals surface area contributed by atoms with Crippen molar-refractivity contribution in [3.8, 4) is 5.75 Å². The minimum absolute atomic E-state index is 0. The molecule has 2 heterocycles. The van der Waals surface area contributed by atoms with E-state index in [0.717, 1.165) is 50.4 Å². The number of alkyl halides is 2. The third-order valence-electron chi connectivity index (χ3n) is 5.14. The van der Waals surface area contributed by atoms with E-state index in [0.29, 0.717) is 19.6 Å². The number of halogens is 4. The molecule has 0 bridgehead atoms. The molecule has 2 atom stereocenters. The second-order valence-electron chi connectivity index (χ2n) is 7.17. The van der Waals surface area contributed by atoms with Gasteiger partial charge in [-0.15, -0.1) is 12.4 Å². The van der Waals surface area contributed by atoms with Gasteiger partial charge < -0.3 is 20.3 Å². The standard InChI is InChI=1S/C19H24F3N3O3.ClH/c20-13-5-6-14(16(9-13)28-19(21)22)18(27)25-8-2-3-12(11-25)10-24-17(26)15-4-1-7-23-15;/h5-6,9,12,15,19,23H,1-4,7-8,10-11H2,(H,24,26);1H. The van der Waals surface area contributed by atoms with Crippen LogP contribution >= 0.6 is 12.4 Å². The number of hydrogen-bond acceptors (Lipinski definition) is 4. The second kappa shape index (κ2) is 10.7. The Bertz CT molecular complexity index is 717. The molecule has 0 saturated carbocycles. The number of benzene rings is 1. The zero-order valence-corrected chi connectivity index (χ0v) is 16.7. The number of rotatable bonds is 6. The summed E-state index contributed by atoms with van der Waals surface area (Å²) in [6.45, 7) is -1.00. The average Bonchev–Trinajstić information content (AvgIpc) is 3.20. The number of carbonyl (C=O) groups is 2. The van der Waals surface area contributed by atoms with Gasteiger partial charge in [-0.3, -0.25) is 9.59 Å². The van der Waals surface area contributed by atoms with Crippen molar-refractivity contribution in [2.45, 2.75) is 38.3 Å². The normalized spacial score (nSPS) is 21.6. The maximum Gasteiger partial charge on any atom is 0.387 e. The zero-order valence-electron chi connectivity index (χ0n) is 15.8. The number of likely N-dealkylation sites (tertiary alicyclic amines) is 1. The van der Waals surface area contributed by atoms with Crippen LogP contribution in [0.25, 0.3) is 0 Å². The fraction of sp³-hybridized carbons (Fsp3) is 0.579. The van der Waals surface area contributed by atoms with Gasteiger partial charge in [-0.2, -0.15) is 8.78 Å². The Labute approximate surface area is 173 Å². The van der Waals surface area contributed by atoms with E-state index in [1.807, 2.05) is 0 Å². The molecule has 6 nitrogen and oxygen atoms in total. The highest BCUT2D eigenvalue weighted by Gasteiger charge is 2.28. The summed E-state index contributed by atoms with van der Waals surface area (Å²) in [7, 11) is 0. The van der Waals surface area contributed by atoms with Gasteiger partial charge in [-0.05, 0) is 50.3 Å². The highest BCUT2D eigenvalue weighted by atomic mass is 35.5. The molecule has 2 amide bonds. The quantitative estimate of drug-likeness (QED) is 0.720. The van der Waals surface area contributed by atoms with E-state index in [1.165, 1.54) is 0 Å². The van der Waals surface area contributed by atoms with Crippen LogP contribution in [0, 0.1) is 11.7 Å². The third-order valence-corrected chi connectivity index (χ3v) is 5.14. The molecule has 2 aliphatic rings. The lowest BCUT2D eigenvalue weighted by Gasteiger charge is -2.33. The molecule has 0 aromatic heterocycles. The van der Waals surface area contributed by atoms with Crippen LogP contribution in [0.3, 0.4) is 0 Å². The molecular weight excluding hydrogens is 411 g/mol. The van der Waals surface area contributed by atoms with Crippen molar-refractivity contribution >= 4 is 24.2 Å². The number of hydrogen-bond donors (Lipinski definition) is 2. The Morgan fingerprint density at radius 2 is 2.07 bits per heavy atom. The van der Waals surface area contributed by atoms with E-state index in [-0.39, 0.29) is 35.8 Å². The van der Waals surface area contributed by atoms with Gasteiger partial charge in [0.05, 0.1) is 11.6 Å². The molecule has 2 unspecified atom stereocenters. The van der Waals surface area contributed by atoms with E-state index < -0.39 is 24.1 Å². The Morgan fingerprint density at radius 1 is 1.28 bits per heavy atom. The van der Waals surface area contributed by atoms with Crippen LogP contribution in [0.5, 0.6) is 5.75 Å². The summed E-state index contributed by atoms with van der Waals surface area (Å²) < 4.78 is 42.9. The molecule has 29 heavy (non-hydrogen) atoms. The van der Waals surface area contributed by atoms with Crippen LogP contribution in [-0.2, 0) is 4.79 Å². The van der Waals surface area contributed by atoms with E-state index >= 15 is 0 Å². The topological polar surface area (TPSA) is 70.7 Å². The predicted molar refractivity (Wildman–Crippen MR) is 103 cm³/mol. The van der Waals surface area contributed by atoms with Crippen molar-refractivity contribution < 1.29 is 27.5 Å². The van der Waals surface area contributed by atoms with Gasteiger partial charge in [0.1, 0.15) is 11.6 Å². The van der Waals surface area contributed by atoms with Gasteiger partial charge >= 0.3 is 6.61 Å². The minimum atomic E-state index is -3.15. The van der Waals surface area contributed by atoms with Crippen molar-refractivity contribution in [3.63, 3.8) is 0 Å². The van der Waals surface area contributed by atoms with E-state index in [2.05, 4.69) is 15.4 Å². The molecule has 1 aromatic carbocycles. The lowest BCUT2D eigenvalue weighted by Crippen LogP contribution is -2.46. The van der Waals surface area contributed by atoms with E-state index in [4.69, 9.17) is 0 Å². The lowest BCUT2D eigenvalue weighted by atomic mass is 9.97. The first-order valence-corrected chi connectivity index (χ1v) is 9.49. The Kier molecular flexibility index (Phi) is 8.58. The molecular formula is C19H25ClF3N3O3. The Hall–Kier alpha value is -2.00. The summed E-state index contributed by atoms with van der Waals surface area (Å²) in [6, 6.07) is 2.83. The van der Waals surface area contributed by atoms with Gasteiger partial charge in [0, 0.05) is 25.7 Å². The fourth-order valence-electron chi connectivity index (χ4n) is 3.73. The number of amides is 2. The summed E-state index contributed by atoms with van der Waals surface area (Å²) in [5.41, 5.74) is -0.0958. The van der Waals surface area contributed by atoms with Gasteiger partial charge in [0.25, 0.3) is 5.91 Å². The van der Waals surface area contributed by atoms with Crippen LogP contribution in [-0.4, -0.2) is 55.5 Å². The Morgan fingerprint density at radius 3 is 2.76 bits per heavy atom. The molecule has 0 spiro atoms. The van der Waals surface area contributed by atoms with E-state index in [1.54, 1.807) is 4.90 Å². The molecule has 10 heteroatoms. The molecule has 162 valence electrons. The van der Waals surface area contributed by atoms with Gasteiger partial charge in [-0.25, -0.2) is 4.39 Å². The van der Waals surface area contributed by atoms with E-state index in [9.17, 15) is 22.8 Å². The molecule has 0 aliphatic carbocycles. The van der Waals surface area contributed by atoms with Crippen molar-refractivity contribution in [2.75, 3.05) is 26.2 Å². The molecule has 2 aliphatic heterocycles. The number of piperidine rings is 1. The predicted octanol–water partition coefficient (Wildman–Crippen LogP) is 2.57. The lowest BCUT2D eigenvalue weighted by molar-refractivity contribution is -0.123. The SMILES string of the molecule is Cl.O=C(NCC1CCCN(C(=O)c2ccc(F)cc2OC(F)F)C1)C1CCCN1. The van der Waals surface area contributed by atoms with Crippen LogP contribution in [0.1, 0.15) is 36.0 Å². The van der Waals surface area contributed by atoms with Gasteiger partial charge in [0.15, 0.2) is 0 Å². The van der Waals surface area contributed by atoms with Gasteiger partial charge in [-0.1, -0.05) is 0 Å². The first-order valence-electron chi connectivity index (χ1n) is 9.49. The number of ether oxygens (including phenoxy) is 1. The van der Waals surface area contributed by atoms with Crippen molar-refractivity contribution in [2.24, 2.45) is 5.92 Å². The first kappa shape index (κ1) is 23.3. The summed E-state index contributed by atoms with van der Waals surface area (Å²) in [5.74, 6) is -1.67. The van der Waals surface area contributed by atoms with Crippen LogP contribution in [0.4, 0.5) is 13.2 Å². The summed E-state index contributed by atoms with van der Waals surface area (Å²) >= 11 is 0. The average molecular weight is 436 g/mol. The number of nitrogens with zero attached hydrogens (tertiary/aromatic N) is 1. The fourth-order valence-corrected chi connectivity index (χ4v) is 3.73. The highest BCUT2D eigenvalue weighted by Crippen LogP contribution is 2.26. The summed E-state index contributed by atoms with van der Waals surface area (Å²) in [5, 5.41) is 6.06. The minimum Gasteiger partial charge on any atom is -0.434 e. The Balaban J connectivity index is 0.00000300. The summed E-state index contributed by atoms with van der Waals surface area (Å²) in [4.78, 5) is 26.5. The van der Waals surface area contributed by atoms with Crippen LogP contribution < -0.4 is 15.4 Å². The maximum atomic E-state index is 13.4. The molecule has 0 radical (unpaired) electrons. The summed E-state index contributed by atoms with van der Waals surface area (Å²) in [6.07, 6.45) is 3.38. The van der Waals surface area contributed by atoms with Crippen molar-refractivity contribution in [1.82, 2.24) is 15.5 Å². The smallest absolute Gasteiger partial charge is 0.387 e. The largest absolute Gasteiger partial charge is 0.434 e. The molecule has 2 N–H and O–H groups in total. The van der Waals surface area contributed by atoms with Gasteiger partial charge in [0.2, 0.25) is 5.91 Å². The monoisotopic (exact) mass is 435 g/mol. The molecule has 3 rings (SSSR count). The van der Waals surface area contributed by atoms with Crippen molar-refractivity contribution in [3.05, 3.63) is 29.6 Å². The number of nitrogens with one attached hydrogen (secondary N) is 2. The van der Waals surface area contributed by atoms with Crippen LogP contribution in [0.15, 0.2) is 18.2 Å². The van der Waals surface area contributed by atoms with Crippen LogP contribution in [0.2, 0.25) is 0 Å². The molecule has 1 aromatic rings. The van der Waals surface area contributed by atoms with Crippen molar-refractivity contribution in [1.29, 1.82) is 0 Å². The second-order valence-corrected chi connectivity index (χ2v) is 7.17. The zero-order chi connectivity index (χ0) is 20.1. The third kappa shape index (κ3) is 6.24. The number of carbonyl (C=O) groups excluding carboxylic acids is 2. The molecule has 2 fully saturated rings. The molecule has 2 saturated heterocycles. The maximum absolute atomic E-state index is 13.4. The highest BCUT2D eigenvalue weighted by molar-refractivity contribution is 5.97. The first-order chi connectivity index (χ1) is 13.4.